The highest BCUT2D eigenvalue weighted by Crippen LogP contribution is 2.29. The molecule has 1 aliphatic rings. The van der Waals surface area contributed by atoms with Crippen LogP contribution in [0.3, 0.4) is 0 Å². The molecule has 9 nitrogen and oxygen atoms in total. The van der Waals surface area contributed by atoms with Crippen molar-refractivity contribution in [1.29, 1.82) is 0 Å². The van der Waals surface area contributed by atoms with Gasteiger partial charge < -0.3 is 10.1 Å². The van der Waals surface area contributed by atoms with E-state index in [0.717, 1.165) is 41.0 Å². The average Bonchev–Trinajstić information content (AvgIpc) is 3.66. The maximum absolute atomic E-state index is 13.4. The number of halogens is 1. The lowest BCUT2D eigenvalue weighted by Crippen LogP contribution is -2.26. The summed E-state index contributed by atoms with van der Waals surface area (Å²) < 4.78 is 22.9. The van der Waals surface area contributed by atoms with Crippen LogP contribution in [0, 0.1) is 6.92 Å². The van der Waals surface area contributed by atoms with Crippen molar-refractivity contribution in [1.82, 2.24) is 29.0 Å². The number of carbonyl (C=O) groups excluding carboxylic acids is 1. The standard InChI is InChI=1S/C30H32FN7O2/c1-3-24-29-25(8-5-9-26(29)38(35-24)19-22-7-4-6-20(2)33-22)34-30(39)27-17-32-28-16-23(11-13-37(27)28)40-15-14-36-12-10-21(31)18-36/h4-9,11,13,16-17,21H,3,10,12,14-15,18-19H2,1-2H3,(H,34,39)/t21-/m1/s1. The second kappa shape index (κ2) is 11.1. The summed E-state index contributed by atoms with van der Waals surface area (Å²) in [5.74, 6) is 0.396. The maximum atomic E-state index is 13.4. The Kier molecular flexibility index (Phi) is 7.17. The summed E-state index contributed by atoms with van der Waals surface area (Å²) in [6.45, 7) is 6.96. The molecule has 1 amide bonds. The van der Waals surface area contributed by atoms with Crippen LogP contribution in [0.2, 0.25) is 0 Å². The Labute approximate surface area is 231 Å². The molecule has 0 radical (unpaired) electrons. The predicted octanol–water partition coefficient (Wildman–Crippen LogP) is 4.67. The number of ether oxygens (including phenoxy) is 1. The van der Waals surface area contributed by atoms with E-state index in [2.05, 4.69) is 27.1 Å². The molecular weight excluding hydrogens is 509 g/mol. The largest absolute Gasteiger partial charge is 0.492 e. The molecule has 40 heavy (non-hydrogen) atoms. The monoisotopic (exact) mass is 541 g/mol. The van der Waals surface area contributed by atoms with Gasteiger partial charge in [-0.15, -0.1) is 0 Å². The Bertz CT molecular complexity index is 1680. The van der Waals surface area contributed by atoms with Gasteiger partial charge in [0.05, 0.1) is 35.3 Å². The van der Waals surface area contributed by atoms with Crippen molar-refractivity contribution in [2.75, 3.05) is 31.6 Å². The van der Waals surface area contributed by atoms with Gasteiger partial charge in [-0.05, 0) is 50.1 Å². The van der Waals surface area contributed by atoms with Crippen LogP contribution in [0.15, 0.2) is 60.9 Å². The maximum Gasteiger partial charge on any atom is 0.274 e. The lowest BCUT2D eigenvalue weighted by Gasteiger charge is -2.15. The third kappa shape index (κ3) is 5.27. The highest BCUT2D eigenvalue weighted by Gasteiger charge is 2.21. The number of fused-ring (bicyclic) bond motifs is 2. The Morgan fingerprint density at radius 1 is 1.20 bits per heavy atom. The minimum Gasteiger partial charge on any atom is -0.492 e. The van der Waals surface area contributed by atoms with Crippen LogP contribution in [0.5, 0.6) is 5.75 Å². The molecule has 4 aromatic heterocycles. The third-order valence-electron chi connectivity index (χ3n) is 7.30. The molecule has 206 valence electrons. The molecular formula is C30H32FN7O2. The number of aromatic nitrogens is 5. The number of hydrogen-bond donors (Lipinski definition) is 1. The van der Waals surface area contributed by atoms with Gasteiger partial charge in [-0.3, -0.25) is 23.8 Å². The molecule has 5 heterocycles. The summed E-state index contributed by atoms with van der Waals surface area (Å²) >= 11 is 0. The van der Waals surface area contributed by atoms with Crippen molar-refractivity contribution in [3.05, 3.63) is 83.7 Å². The number of carbonyl (C=O) groups is 1. The molecule has 1 aromatic carbocycles. The zero-order valence-electron chi connectivity index (χ0n) is 22.7. The fraction of sp³-hybridized carbons (Fsp3) is 0.333. The summed E-state index contributed by atoms with van der Waals surface area (Å²) in [6.07, 6.45) is 3.92. The SMILES string of the molecule is CCc1nn(Cc2cccc(C)n2)c2cccc(NC(=O)c3cnc4cc(OCCN5CC[C@@H](F)C5)ccn34)c12. The van der Waals surface area contributed by atoms with Crippen molar-refractivity contribution >= 4 is 28.1 Å². The first kappa shape index (κ1) is 25.9. The molecule has 5 aromatic rings. The van der Waals surface area contributed by atoms with Crippen molar-refractivity contribution in [3.63, 3.8) is 0 Å². The topological polar surface area (TPSA) is 89.6 Å². The van der Waals surface area contributed by atoms with Crippen molar-refractivity contribution in [2.45, 2.75) is 39.4 Å². The zero-order chi connectivity index (χ0) is 27.6. The van der Waals surface area contributed by atoms with Crippen LogP contribution in [0.1, 0.15) is 40.9 Å². The predicted molar refractivity (Wildman–Crippen MR) is 152 cm³/mol. The van der Waals surface area contributed by atoms with Crippen LogP contribution >= 0.6 is 0 Å². The quantitative estimate of drug-likeness (QED) is 0.292. The van der Waals surface area contributed by atoms with Crippen LogP contribution < -0.4 is 10.1 Å². The first-order chi connectivity index (χ1) is 19.5. The van der Waals surface area contributed by atoms with Gasteiger partial charge in [-0.1, -0.05) is 19.1 Å². The Morgan fingerprint density at radius 3 is 2.88 bits per heavy atom. The van der Waals surface area contributed by atoms with Crippen LogP contribution in [0.4, 0.5) is 10.1 Å². The molecule has 10 heteroatoms. The average molecular weight is 542 g/mol. The van der Waals surface area contributed by atoms with Gasteiger partial charge in [0, 0.05) is 43.0 Å². The Balaban J connectivity index is 1.20. The molecule has 6 rings (SSSR count). The molecule has 0 saturated carbocycles. The lowest BCUT2D eigenvalue weighted by atomic mass is 10.1. The second-order valence-corrected chi connectivity index (χ2v) is 10.2. The van der Waals surface area contributed by atoms with E-state index in [1.54, 1.807) is 22.9 Å². The number of rotatable bonds is 9. The second-order valence-electron chi connectivity index (χ2n) is 10.2. The number of hydrogen-bond acceptors (Lipinski definition) is 6. The summed E-state index contributed by atoms with van der Waals surface area (Å²) in [6, 6.07) is 15.4. The molecule has 1 aliphatic heterocycles. The van der Waals surface area contributed by atoms with Gasteiger partial charge >= 0.3 is 0 Å². The summed E-state index contributed by atoms with van der Waals surface area (Å²) in [5.41, 5.74) is 5.47. The molecule has 1 saturated heterocycles. The van der Waals surface area contributed by atoms with Crippen LogP contribution in [-0.4, -0.2) is 67.4 Å². The van der Waals surface area contributed by atoms with E-state index in [9.17, 15) is 9.18 Å². The number of anilines is 1. The minimum absolute atomic E-state index is 0.265. The van der Waals surface area contributed by atoms with E-state index in [-0.39, 0.29) is 5.91 Å². The van der Waals surface area contributed by atoms with Gasteiger partial charge in [0.2, 0.25) is 0 Å². The highest BCUT2D eigenvalue weighted by atomic mass is 19.1. The molecule has 0 aliphatic carbocycles. The van der Waals surface area contributed by atoms with Gasteiger partial charge in [0.15, 0.2) is 0 Å². The number of alkyl halides is 1. The Morgan fingerprint density at radius 2 is 2.08 bits per heavy atom. The highest BCUT2D eigenvalue weighted by molar-refractivity contribution is 6.08. The van der Waals surface area contributed by atoms with Crippen LogP contribution in [0.25, 0.3) is 16.6 Å². The molecule has 1 atom stereocenters. The summed E-state index contributed by atoms with van der Waals surface area (Å²) in [7, 11) is 0. The van der Waals surface area contributed by atoms with Gasteiger partial charge in [0.25, 0.3) is 5.91 Å². The zero-order valence-corrected chi connectivity index (χ0v) is 22.7. The lowest BCUT2D eigenvalue weighted by molar-refractivity contribution is 0.102. The van der Waals surface area contributed by atoms with E-state index >= 15 is 0 Å². The number of nitrogens with one attached hydrogen (secondary N) is 1. The van der Waals surface area contributed by atoms with Crippen molar-refractivity contribution < 1.29 is 13.9 Å². The number of likely N-dealkylation sites (tertiary alicyclic amines) is 1. The fourth-order valence-electron chi connectivity index (χ4n) is 5.31. The van der Waals surface area contributed by atoms with E-state index in [0.29, 0.717) is 55.4 Å². The molecule has 1 N–H and O–H groups in total. The molecule has 0 bridgehead atoms. The number of nitrogens with zero attached hydrogens (tertiary/aromatic N) is 6. The van der Waals surface area contributed by atoms with E-state index in [1.807, 2.05) is 54.1 Å². The number of amides is 1. The van der Waals surface area contributed by atoms with E-state index in [1.165, 1.54) is 0 Å². The normalized spacial score (nSPS) is 15.7. The summed E-state index contributed by atoms with van der Waals surface area (Å²) in [4.78, 5) is 24.5. The number of imidazole rings is 1. The first-order valence-corrected chi connectivity index (χ1v) is 13.7. The number of benzene rings is 1. The van der Waals surface area contributed by atoms with Crippen molar-refractivity contribution in [2.24, 2.45) is 0 Å². The third-order valence-corrected chi connectivity index (χ3v) is 7.30. The van der Waals surface area contributed by atoms with E-state index < -0.39 is 6.17 Å². The molecule has 0 spiro atoms. The first-order valence-electron chi connectivity index (χ1n) is 13.7. The molecule has 1 fully saturated rings. The fourth-order valence-corrected chi connectivity index (χ4v) is 5.31. The van der Waals surface area contributed by atoms with Gasteiger partial charge in [-0.25, -0.2) is 9.37 Å². The number of aryl methyl sites for hydroxylation is 2. The van der Waals surface area contributed by atoms with Gasteiger partial charge in [-0.2, -0.15) is 5.10 Å². The number of pyridine rings is 2. The van der Waals surface area contributed by atoms with Gasteiger partial charge in [0.1, 0.15) is 29.9 Å². The Hall–Kier alpha value is -4.31. The minimum atomic E-state index is -0.738. The van der Waals surface area contributed by atoms with Crippen molar-refractivity contribution in [3.8, 4) is 5.75 Å². The smallest absolute Gasteiger partial charge is 0.274 e. The summed E-state index contributed by atoms with van der Waals surface area (Å²) in [5, 5.41) is 8.86. The van der Waals surface area contributed by atoms with Crippen LogP contribution in [-0.2, 0) is 13.0 Å². The molecule has 0 unspecified atom stereocenters. The van der Waals surface area contributed by atoms with E-state index in [4.69, 9.17) is 9.84 Å².